The van der Waals surface area contributed by atoms with Crippen molar-refractivity contribution in [2.45, 2.75) is 37.9 Å². The molecule has 0 spiro atoms. The van der Waals surface area contributed by atoms with Gasteiger partial charge in [0, 0.05) is 5.39 Å². The number of hydrogen-bond acceptors (Lipinski definition) is 7. The first-order valence-corrected chi connectivity index (χ1v) is 11.1. The molecule has 3 aromatic rings. The summed E-state index contributed by atoms with van der Waals surface area (Å²) in [6.07, 6.45) is -2.43. The van der Waals surface area contributed by atoms with E-state index >= 15 is 0 Å². The van der Waals surface area contributed by atoms with Crippen molar-refractivity contribution in [3.05, 3.63) is 75.8 Å². The van der Waals surface area contributed by atoms with Crippen molar-refractivity contribution < 1.29 is 33.2 Å². The SMILES string of the molecule is CCOC(=O)c1c(OC2CO[C@H]3[C@@H]2OC[C@@H]3O)c2ccccc2n(Cc2ccc(F)cc2)c1=O. The summed E-state index contributed by atoms with van der Waals surface area (Å²) >= 11 is 0. The molecule has 0 bridgehead atoms. The van der Waals surface area contributed by atoms with Crippen molar-refractivity contribution in [2.24, 2.45) is 0 Å². The molecule has 178 valence electrons. The third kappa shape index (κ3) is 3.96. The van der Waals surface area contributed by atoms with Crippen LogP contribution in [0.2, 0.25) is 0 Å². The van der Waals surface area contributed by atoms with Gasteiger partial charge in [-0.2, -0.15) is 0 Å². The molecule has 9 heteroatoms. The summed E-state index contributed by atoms with van der Waals surface area (Å²) in [5.74, 6) is -1.09. The number of hydrogen-bond donors (Lipinski definition) is 1. The van der Waals surface area contributed by atoms with Crippen molar-refractivity contribution in [3.63, 3.8) is 0 Å². The molecule has 1 unspecified atom stereocenters. The van der Waals surface area contributed by atoms with Crippen LogP contribution in [-0.4, -0.2) is 59.9 Å². The van der Waals surface area contributed by atoms with Crippen molar-refractivity contribution in [3.8, 4) is 5.75 Å². The Morgan fingerprint density at radius 1 is 1.12 bits per heavy atom. The monoisotopic (exact) mass is 469 g/mol. The summed E-state index contributed by atoms with van der Waals surface area (Å²) in [4.78, 5) is 26.6. The van der Waals surface area contributed by atoms with E-state index in [2.05, 4.69) is 0 Å². The van der Waals surface area contributed by atoms with Crippen LogP contribution in [0.4, 0.5) is 4.39 Å². The lowest BCUT2D eigenvalue weighted by Crippen LogP contribution is -2.36. The van der Waals surface area contributed by atoms with E-state index in [1.807, 2.05) is 0 Å². The molecule has 0 aliphatic carbocycles. The number of para-hydroxylation sites is 1. The van der Waals surface area contributed by atoms with Gasteiger partial charge in [0.2, 0.25) is 0 Å². The Labute approximate surface area is 194 Å². The van der Waals surface area contributed by atoms with Crippen LogP contribution in [0.5, 0.6) is 5.75 Å². The third-order valence-corrected chi connectivity index (χ3v) is 6.11. The number of rotatable bonds is 6. The molecular formula is C25H24FNO7. The standard InChI is InChI=1S/C25H24FNO7/c1-2-31-25(30)20-21(34-19-13-33-22-18(28)12-32-23(19)22)16-5-3-4-6-17(16)27(24(20)29)11-14-7-9-15(26)10-8-14/h3-10,18-19,22-23,28H,2,11-13H2,1H3/t18-,19?,22+,23+/m0/s1. The molecule has 2 fully saturated rings. The molecule has 2 aromatic carbocycles. The summed E-state index contributed by atoms with van der Waals surface area (Å²) in [7, 11) is 0. The van der Waals surface area contributed by atoms with Gasteiger partial charge >= 0.3 is 5.97 Å². The minimum atomic E-state index is -0.802. The van der Waals surface area contributed by atoms with Gasteiger partial charge in [-0.05, 0) is 36.8 Å². The number of nitrogens with zero attached hydrogens (tertiary/aromatic N) is 1. The Kier molecular flexibility index (Phi) is 6.07. The number of benzene rings is 2. The van der Waals surface area contributed by atoms with Crippen LogP contribution in [0, 0.1) is 5.82 Å². The van der Waals surface area contributed by atoms with Crippen LogP contribution in [0.15, 0.2) is 53.3 Å². The zero-order valence-electron chi connectivity index (χ0n) is 18.5. The van der Waals surface area contributed by atoms with Gasteiger partial charge in [-0.1, -0.05) is 24.3 Å². The maximum Gasteiger partial charge on any atom is 0.347 e. The van der Waals surface area contributed by atoms with Crippen LogP contribution in [0.3, 0.4) is 0 Å². The van der Waals surface area contributed by atoms with E-state index < -0.39 is 35.9 Å². The van der Waals surface area contributed by atoms with Crippen LogP contribution < -0.4 is 10.3 Å². The number of halogens is 1. The third-order valence-electron chi connectivity index (χ3n) is 6.11. The number of carbonyl (C=O) groups excluding carboxylic acids is 1. The number of pyridine rings is 1. The first kappa shape index (κ1) is 22.5. The molecule has 1 aromatic heterocycles. The first-order chi connectivity index (χ1) is 16.5. The lowest BCUT2D eigenvalue weighted by molar-refractivity contribution is 0.00847. The Morgan fingerprint density at radius 3 is 2.62 bits per heavy atom. The van der Waals surface area contributed by atoms with E-state index in [9.17, 15) is 19.1 Å². The van der Waals surface area contributed by atoms with E-state index in [0.717, 1.165) is 0 Å². The van der Waals surface area contributed by atoms with Crippen LogP contribution in [0.25, 0.3) is 10.9 Å². The molecular weight excluding hydrogens is 445 g/mol. The number of esters is 1. The Hall–Kier alpha value is -3.27. The fraction of sp³-hybridized carbons (Fsp3) is 0.360. The quantitative estimate of drug-likeness (QED) is 0.554. The molecule has 3 heterocycles. The minimum absolute atomic E-state index is 0.0784. The fourth-order valence-corrected chi connectivity index (χ4v) is 4.51. The second kappa shape index (κ2) is 9.17. The summed E-state index contributed by atoms with van der Waals surface area (Å²) in [5, 5.41) is 10.6. The summed E-state index contributed by atoms with van der Waals surface area (Å²) in [5.41, 5.74) is 0.421. The molecule has 4 atom stereocenters. The van der Waals surface area contributed by atoms with Crippen molar-refractivity contribution in [2.75, 3.05) is 19.8 Å². The van der Waals surface area contributed by atoms with E-state index in [-0.39, 0.29) is 43.5 Å². The van der Waals surface area contributed by atoms with Gasteiger partial charge in [-0.25, -0.2) is 9.18 Å². The predicted molar refractivity (Wildman–Crippen MR) is 120 cm³/mol. The smallest absolute Gasteiger partial charge is 0.347 e. The van der Waals surface area contributed by atoms with Crippen LogP contribution in [0.1, 0.15) is 22.8 Å². The molecule has 1 N–H and O–H groups in total. The molecule has 8 nitrogen and oxygen atoms in total. The molecule has 0 radical (unpaired) electrons. The highest BCUT2D eigenvalue weighted by molar-refractivity contribution is 6.00. The zero-order valence-corrected chi connectivity index (χ0v) is 18.5. The normalized spacial score (nSPS) is 23.7. The van der Waals surface area contributed by atoms with Crippen LogP contribution >= 0.6 is 0 Å². The average molecular weight is 469 g/mol. The molecule has 5 rings (SSSR count). The van der Waals surface area contributed by atoms with Crippen molar-refractivity contribution >= 4 is 16.9 Å². The highest BCUT2D eigenvalue weighted by Gasteiger charge is 2.49. The number of carbonyl (C=O) groups is 1. The highest BCUT2D eigenvalue weighted by Crippen LogP contribution is 2.34. The average Bonchev–Trinajstić information content (AvgIpc) is 3.41. The number of aromatic nitrogens is 1. The Bertz CT molecular complexity index is 1270. The molecule has 0 amide bonds. The second-order valence-corrected chi connectivity index (χ2v) is 8.28. The highest BCUT2D eigenvalue weighted by atomic mass is 19.1. The predicted octanol–water partition coefficient (Wildman–Crippen LogP) is 2.27. The molecule has 2 aliphatic heterocycles. The van der Waals surface area contributed by atoms with E-state index in [0.29, 0.717) is 16.5 Å². The van der Waals surface area contributed by atoms with Gasteiger partial charge < -0.3 is 28.6 Å². The number of aliphatic hydroxyl groups is 1. The number of ether oxygens (including phenoxy) is 4. The van der Waals surface area contributed by atoms with Crippen LogP contribution in [-0.2, 0) is 20.8 Å². The molecule has 2 aliphatic rings. The summed E-state index contributed by atoms with van der Waals surface area (Å²) in [6, 6.07) is 12.9. The Balaban J connectivity index is 1.64. The fourth-order valence-electron chi connectivity index (χ4n) is 4.51. The van der Waals surface area contributed by atoms with E-state index in [4.69, 9.17) is 18.9 Å². The lowest BCUT2D eigenvalue weighted by Gasteiger charge is -2.22. The first-order valence-electron chi connectivity index (χ1n) is 11.1. The lowest BCUT2D eigenvalue weighted by atomic mass is 10.1. The number of fused-ring (bicyclic) bond motifs is 2. The maximum atomic E-state index is 13.7. The summed E-state index contributed by atoms with van der Waals surface area (Å²) < 4.78 is 37.6. The topological polar surface area (TPSA) is 96.2 Å². The van der Waals surface area contributed by atoms with Crippen molar-refractivity contribution in [1.29, 1.82) is 0 Å². The van der Waals surface area contributed by atoms with Gasteiger partial charge in [-0.15, -0.1) is 0 Å². The van der Waals surface area contributed by atoms with E-state index in [1.54, 1.807) is 43.3 Å². The van der Waals surface area contributed by atoms with Gasteiger partial charge in [0.1, 0.15) is 29.9 Å². The molecule has 34 heavy (non-hydrogen) atoms. The van der Waals surface area contributed by atoms with Gasteiger partial charge in [0.25, 0.3) is 5.56 Å². The molecule has 0 saturated carbocycles. The summed E-state index contributed by atoms with van der Waals surface area (Å²) in [6.45, 7) is 2.12. The van der Waals surface area contributed by atoms with Crippen molar-refractivity contribution in [1.82, 2.24) is 4.57 Å². The number of aliphatic hydroxyl groups excluding tert-OH is 1. The van der Waals surface area contributed by atoms with Gasteiger partial charge in [0.15, 0.2) is 11.7 Å². The zero-order chi connectivity index (χ0) is 23.8. The molecule has 2 saturated heterocycles. The second-order valence-electron chi connectivity index (χ2n) is 8.28. The van der Waals surface area contributed by atoms with Gasteiger partial charge in [0.05, 0.1) is 31.9 Å². The Morgan fingerprint density at radius 2 is 1.85 bits per heavy atom. The van der Waals surface area contributed by atoms with E-state index in [1.165, 1.54) is 16.7 Å². The maximum absolute atomic E-state index is 13.7. The minimum Gasteiger partial charge on any atom is -0.483 e. The van der Waals surface area contributed by atoms with Gasteiger partial charge in [-0.3, -0.25) is 4.79 Å². The largest absolute Gasteiger partial charge is 0.483 e.